The summed E-state index contributed by atoms with van der Waals surface area (Å²) in [6.45, 7) is -0.728. The van der Waals surface area contributed by atoms with Gasteiger partial charge in [-0.1, -0.05) is 11.6 Å². The highest BCUT2D eigenvalue weighted by atomic mass is 35.5. The highest BCUT2D eigenvalue weighted by Crippen LogP contribution is 2.23. The van der Waals surface area contributed by atoms with Crippen LogP contribution in [0.2, 0.25) is 5.02 Å². The van der Waals surface area contributed by atoms with Gasteiger partial charge >= 0.3 is 6.18 Å². The van der Waals surface area contributed by atoms with Crippen LogP contribution >= 0.6 is 11.6 Å². The van der Waals surface area contributed by atoms with Gasteiger partial charge in [0.15, 0.2) is 0 Å². The molecule has 1 aromatic rings. The van der Waals surface area contributed by atoms with E-state index in [9.17, 15) is 21.6 Å². The van der Waals surface area contributed by atoms with Crippen molar-refractivity contribution >= 4 is 27.3 Å². The summed E-state index contributed by atoms with van der Waals surface area (Å²) in [5, 5.41) is 0.0219. The first-order valence-electron chi connectivity index (χ1n) is 4.73. The average Bonchev–Trinajstić information content (AvgIpc) is 2.19. The Morgan fingerprint density at radius 2 is 1.94 bits per heavy atom. The molecular weight excluding hydrogens is 293 g/mol. The predicted molar refractivity (Wildman–Crippen MR) is 61.7 cm³/mol. The SMILES string of the molecule is Nc1ccc(S(=O)(=O)NCCC(F)(F)F)cc1Cl. The largest absolute Gasteiger partial charge is 0.398 e. The van der Waals surface area contributed by atoms with Gasteiger partial charge in [-0.15, -0.1) is 0 Å². The topological polar surface area (TPSA) is 72.2 Å². The van der Waals surface area contributed by atoms with Gasteiger partial charge in [-0.25, -0.2) is 13.1 Å². The molecule has 0 aromatic heterocycles. The van der Waals surface area contributed by atoms with Gasteiger partial charge in [0.05, 0.1) is 22.0 Å². The number of nitrogens with one attached hydrogen (secondary N) is 1. The summed E-state index contributed by atoms with van der Waals surface area (Å²) in [4.78, 5) is -0.233. The molecule has 3 N–H and O–H groups in total. The molecule has 0 radical (unpaired) electrons. The summed E-state index contributed by atoms with van der Waals surface area (Å²) in [7, 11) is -4.01. The number of sulfonamides is 1. The summed E-state index contributed by atoms with van der Waals surface area (Å²) in [6, 6.07) is 3.50. The monoisotopic (exact) mass is 302 g/mol. The summed E-state index contributed by atoms with van der Waals surface area (Å²) in [6.07, 6.45) is -5.66. The van der Waals surface area contributed by atoms with E-state index in [2.05, 4.69) is 0 Å². The maximum absolute atomic E-state index is 11.9. The Balaban J connectivity index is 2.77. The first-order chi connectivity index (χ1) is 8.12. The molecule has 18 heavy (non-hydrogen) atoms. The fraction of sp³-hybridized carbons (Fsp3) is 0.333. The first kappa shape index (κ1) is 15.1. The third-order valence-corrected chi connectivity index (χ3v) is 3.77. The van der Waals surface area contributed by atoms with Crippen LogP contribution in [-0.2, 0) is 10.0 Å². The molecule has 0 saturated heterocycles. The Morgan fingerprint density at radius 1 is 1.33 bits per heavy atom. The fourth-order valence-electron chi connectivity index (χ4n) is 1.09. The van der Waals surface area contributed by atoms with Crippen molar-refractivity contribution in [2.75, 3.05) is 12.3 Å². The Kier molecular flexibility index (Phi) is 4.46. The molecule has 0 spiro atoms. The Bertz CT molecular complexity index is 531. The summed E-state index contributed by atoms with van der Waals surface area (Å²) in [5.74, 6) is 0. The third-order valence-electron chi connectivity index (χ3n) is 1.98. The second-order valence-corrected chi connectivity index (χ2v) is 5.62. The number of nitrogen functional groups attached to an aromatic ring is 1. The number of alkyl halides is 3. The van der Waals surface area contributed by atoms with Crippen molar-refractivity contribution in [2.24, 2.45) is 0 Å². The summed E-state index contributed by atoms with van der Waals surface area (Å²) >= 11 is 5.63. The maximum Gasteiger partial charge on any atom is 0.390 e. The molecule has 9 heteroatoms. The lowest BCUT2D eigenvalue weighted by atomic mass is 10.3. The zero-order valence-corrected chi connectivity index (χ0v) is 10.5. The van der Waals surface area contributed by atoms with Crippen LogP contribution in [0.4, 0.5) is 18.9 Å². The van der Waals surface area contributed by atoms with Crippen molar-refractivity contribution < 1.29 is 21.6 Å². The Labute approximate surface area is 107 Å². The first-order valence-corrected chi connectivity index (χ1v) is 6.59. The minimum Gasteiger partial charge on any atom is -0.398 e. The van der Waals surface area contributed by atoms with E-state index in [4.69, 9.17) is 17.3 Å². The molecule has 0 amide bonds. The van der Waals surface area contributed by atoms with Crippen LogP contribution in [-0.4, -0.2) is 21.1 Å². The fourth-order valence-corrected chi connectivity index (χ4v) is 2.39. The van der Waals surface area contributed by atoms with E-state index in [0.29, 0.717) is 0 Å². The molecule has 0 heterocycles. The van der Waals surface area contributed by atoms with E-state index >= 15 is 0 Å². The van der Waals surface area contributed by atoms with Crippen LogP contribution in [0.5, 0.6) is 0 Å². The number of hydrogen-bond acceptors (Lipinski definition) is 3. The van der Waals surface area contributed by atoms with Gasteiger partial charge in [-0.3, -0.25) is 0 Å². The van der Waals surface area contributed by atoms with Crippen LogP contribution in [0.25, 0.3) is 0 Å². The zero-order valence-electron chi connectivity index (χ0n) is 8.96. The molecule has 0 unspecified atom stereocenters. The molecule has 102 valence electrons. The van der Waals surface area contributed by atoms with E-state index < -0.39 is 29.2 Å². The van der Waals surface area contributed by atoms with Gasteiger partial charge in [0.25, 0.3) is 0 Å². The van der Waals surface area contributed by atoms with Gasteiger partial charge in [-0.2, -0.15) is 13.2 Å². The van der Waals surface area contributed by atoms with Crippen molar-refractivity contribution in [1.29, 1.82) is 0 Å². The Morgan fingerprint density at radius 3 is 2.44 bits per heavy atom. The zero-order chi connectivity index (χ0) is 14.0. The van der Waals surface area contributed by atoms with Gasteiger partial charge in [-0.05, 0) is 18.2 Å². The molecule has 0 aliphatic heterocycles. The van der Waals surface area contributed by atoms with E-state index in [-0.39, 0.29) is 15.6 Å². The molecule has 0 atom stereocenters. The smallest absolute Gasteiger partial charge is 0.390 e. The number of benzene rings is 1. The number of hydrogen-bond donors (Lipinski definition) is 2. The molecule has 4 nitrogen and oxygen atoms in total. The van der Waals surface area contributed by atoms with Crippen molar-refractivity contribution in [2.45, 2.75) is 17.5 Å². The van der Waals surface area contributed by atoms with E-state index in [0.717, 1.165) is 12.1 Å². The minimum atomic E-state index is -4.42. The van der Waals surface area contributed by atoms with Crippen molar-refractivity contribution in [1.82, 2.24) is 4.72 Å². The standard InChI is InChI=1S/C9H10ClF3N2O2S/c10-7-5-6(1-2-8(7)14)18(16,17)15-4-3-9(11,12)13/h1-2,5,15H,3-4,14H2. The van der Waals surface area contributed by atoms with Crippen LogP contribution in [0, 0.1) is 0 Å². The van der Waals surface area contributed by atoms with E-state index in [1.807, 2.05) is 4.72 Å². The van der Waals surface area contributed by atoms with Crippen LogP contribution in [0.15, 0.2) is 23.1 Å². The Hall–Kier alpha value is -0.990. The van der Waals surface area contributed by atoms with Crippen LogP contribution in [0.1, 0.15) is 6.42 Å². The van der Waals surface area contributed by atoms with Gasteiger partial charge in [0, 0.05) is 6.54 Å². The van der Waals surface area contributed by atoms with Gasteiger partial charge in [0.1, 0.15) is 0 Å². The third kappa shape index (κ3) is 4.35. The summed E-state index contributed by atoms with van der Waals surface area (Å²) < 4.78 is 60.7. The lowest BCUT2D eigenvalue weighted by Gasteiger charge is -2.09. The quantitative estimate of drug-likeness (QED) is 0.837. The highest BCUT2D eigenvalue weighted by Gasteiger charge is 2.27. The normalized spacial score (nSPS) is 12.7. The molecule has 0 aliphatic rings. The molecular formula is C9H10ClF3N2O2S. The van der Waals surface area contributed by atoms with Crippen molar-refractivity contribution in [3.8, 4) is 0 Å². The van der Waals surface area contributed by atoms with E-state index in [1.54, 1.807) is 0 Å². The second-order valence-electron chi connectivity index (χ2n) is 3.45. The highest BCUT2D eigenvalue weighted by molar-refractivity contribution is 7.89. The second kappa shape index (κ2) is 5.33. The molecule has 0 saturated carbocycles. The van der Waals surface area contributed by atoms with Crippen LogP contribution < -0.4 is 10.5 Å². The predicted octanol–water partition coefficient (Wildman–Crippen LogP) is 2.15. The molecule has 0 fully saturated rings. The van der Waals surface area contributed by atoms with Crippen molar-refractivity contribution in [3.05, 3.63) is 23.2 Å². The summed E-state index contributed by atoms with van der Waals surface area (Å²) in [5.41, 5.74) is 5.58. The minimum absolute atomic E-state index is 0.0219. The number of anilines is 1. The molecule has 0 aliphatic carbocycles. The van der Waals surface area contributed by atoms with E-state index in [1.165, 1.54) is 6.07 Å². The number of rotatable bonds is 4. The van der Waals surface area contributed by atoms with Gasteiger partial charge < -0.3 is 5.73 Å². The van der Waals surface area contributed by atoms with Crippen LogP contribution in [0.3, 0.4) is 0 Å². The van der Waals surface area contributed by atoms with Gasteiger partial charge in [0.2, 0.25) is 10.0 Å². The lowest BCUT2D eigenvalue weighted by molar-refractivity contribution is -0.132. The average molecular weight is 303 g/mol. The van der Waals surface area contributed by atoms with Crippen molar-refractivity contribution in [3.63, 3.8) is 0 Å². The molecule has 1 aromatic carbocycles. The number of halogens is 4. The number of nitrogens with two attached hydrogens (primary N) is 1. The maximum atomic E-state index is 11.9. The lowest BCUT2D eigenvalue weighted by Crippen LogP contribution is -2.28. The molecule has 1 rings (SSSR count). The molecule has 0 bridgehead atoms.